The van der Waals surface area contributed by atoms with Crippen LogP contribution in [0, 0.1) is 5.92 Å². The number of aromatic hydroxyl groups is 1. The number of aliphatic hydroxyl groups is 3. The summed E-state index contributed by atoms with van der Waals surface area (Å²) < 4.78 is 0. The molecule has 36 nitrogen and oxygen atoms in total. The molecule has 0 aliphatic carbocycles. The van der Waals surface area contributed by atoms with E-state index in [4.69, 9.17) is 17.2 Å². The number of thioether (sulfide) groups is 1. The Hall–Kier alpha value is -7.92. The van der Waals surface area contributed by atoms with Crippen LogP contribution in [0.3, 0.4) is 0 Å². The fraction of sp³-hybridized carbons (Fsp3) is 0.682. The van der Waals surface area contributed by atoms with Crippen molar-refractivity contribution >= 4 is 126 Å². The summed E-state index contributed by atoms with van der Waals surface area (Å²) in [6.45, 7) is 10.1. The molecule has 1 heterocycles. The van der Waals surface area contributed by atoms with Gasteiger partial charge in [0.15, 0.2) is 0 Å². The van der Waals surface area contributed by atoms with Crippen LogP contribution in [0.2, 0.25) is 0 Å². The molecule has 2 rings (SSSR count). The van der Waals surface area contributed by atoms with Gasteiger partial charge in [0.05, 0.1) is 30.4 Å². The molecular formula is C66H110N16O20S3. The number of phenolic OH excluding ortho intramolecular Hbond substituents is 1. The largest absolute Gasteiger partial charge is 0.508 e. The summed E-state index contributed by atoms with van der Waals surface area (Å²) in [5.74, 6) is -14.4. The quantitative estimate of drug-likeness (QED) is 0.0164. The highest BCUT2D eigenvalue weighted by molar-refractivity contribution is 7.98. The summed E-state index contributed by atoms with van der Waals surface area (Å²) in [4.78, 5) is 205. The second-order valence-electron chi connectivity index (χ2n) is 26.2. The number of aliphatic hydroxyl groups excluding tert-OH is 3. The van der Waals surface area contributed by atoms with Crippen molar-refractivity contribution in [2.24, 2.45) is 23.1 Å². The van der Waals surface area contributed by atoms with Gasteiger partial charge in [-0.3, -0.25) is 67.1 Å². The molecule has 0 unspecified atom stereocenters. The number of likely N-dealkylation sites (tertiary alicyclic amines) is 1. The molecule has 592 valence electrons. The third-order valence-corrected chi connectivity index (χ3v) is 18.1. The molecule has 105 heavy (non-hydrogen) atoms. The lowest BCUT2D eigenvalue weighted by Gasteiger charge is -2.31. The van der Waals surface area contributed by atoms with Crippen LogP contribution < -0.4 is 81.0 Å². The molecule has 0 bridgehead atoms. The van der Waals surface area contributed by atoms with E-state index in [1.54, 1.807) is 6.26 Å². The number of carbonyl (C=O) groups is 15. The van der Waals surface area contributed by atoms with Gasteiger partial charge in [-0.15, -0.1) is 0 Å². The standard InChI is InChI=1S/C66H110N16O20S3/c1-33(2)28-41(69)55(91)72-42(14-9-11-24-67)57(93)77-47(31-103)61(97)76-46(29-39-17-19-40(87)20-18-39)59(95)80-52(37(6)85)64(100)78-48(32-104)60(96)73-43(15-10-12-25-68)56(92)75-45(21-22-50(88)89)66(102)82-26-13-16-49(82)62(98)74-44(23-27-105-8)58(94)79-53(38(7)86)65(101)81-51(36(5)84)63(99)71-35(4)54(90)70-34(3)30-83/h17-20,30,33-38,41-49,51-53,84-87,103-104H,9-16,21-29,31-32,67-69H2,1-8H3,(H,70,90)(H,71,99)(H,72,91)(H,73,96)(H,74,98)(H,75,92)(H,76,97)(H,77,93)(H,78,100)(H,79,94)(H,80,95)(H,81,101)(H,88,89)/t34-,35-,36+,37+,38+,41-,42-,43-,44-,45-,46-,47-,48-,49-,51-,52-,53-/m0/s1. The number of carboxylic acid groups (broad SMARTS) is 1. The van der Waals surface area contributed by atoms with E-state index in [2.05, 4.69) is 89.1 Å². The zero-order valence-electron chi connectivity index (χ0n) is 60.6. The smallest absolute Gasteiger partial charge is 0.303 e. The molecule has 1 aromatic rings. The van der Waals surface area contributed by atoms with Crippen molar-refractivity contribution in [3.63, 3.8) is 0 Å². The molecule has 17 atom stereocenters. The molecule has 39 heteroatoms. The minimum absolute atomic E-state index is 0.00545. The number of nitrogens with zero attached hydrogens (tertiary/aromatic N) is 1. The van der Waals surface area contributed by atoms with E-state index in [0.717, 1.165) is 25.7 Å². The van der Waals surface area contributed by atoms with Crippen LogP contribution in [0.5, 0.6) is 5.75 Å². The summed E-state index contributed by atoms with van der Waals surface area (Å²) in [5.41, 5.74) is 17.9. The highest BCUT2D eigenvalue weighted by Gasteiger charge is 2.42. The average Bonchev–Trinajstić information content (AvgIpc) is 1.74. The predicted molar refractivity (Wildman–Crippen MR) is 393 cm³/mol. The van der Waals surface area contributed by atoms with Gasteiger partial charge >= 0.3 is 5.97 Å². The maximum Gasteiger partial charge on any atom is 0.303 e. The molecular weight excluding hydrogens is 1430 g/mol. The number of hydrogen-bond acceptors (Lipinski definition) is 25. The number of benzene rings is 1. The van der Waals surface area contributed by atoms with E-state index < -0.39 is 204 Å². The Morgan fingerprint density at radius 1 is 0.533 bits per heavy atom. The van der Waals surface area contributed by atoms with Crippen LogP contribution >= 0.6 is 37.0 Å². The number of amides is 13. The van der Waals surface area contributed by atoms with Gasteiger partial charge in [-0.05, 0) is 154 Å². The number of nitrogens with two attached hydrogens (primary N) is 3. The first kappa shape index (κ1) is 93.2. The summed E-state index contributed by atoms with van der Waals surface area (Å²) >= 11 is 9.81. The minimum atomic E-state index is -1.87. The number of aldehydes is 1. The van der Waals surface area contributed by atoms with Gasteiger partial charge in [0.1, 0.15) is 84.5 Å². The Kier molecular flexibility index (Phi) is 42.9. The van der Waals surface area contributed by atoms with Crippen molar-refractivity contribution in [3.05, 3.63) is 29.8 Å². The molecule has 1 saturated heterocycles. The van der Waals surface area contributed by atoms with Crippen molar-refractivity contribution in [3.8, 4) is 5.75 Å². The lowest BCUT2D eigenvalue weighted by atomic mass is 10.0. The molecule has 23 N–H and O–H groups in total. The van der Waals surface area contributed by atoms with Crippen LogP contribution in [0.4, 0.5) is 0 Å². The van der Waals surface area contributed by atoms with Crippen LogP contribution in [0.1, 0.15) is 131 Å². The van der Waals surface area contributed by atoms with E-state index in [1.165, 1.54) is 49.9 Å². The molecule has 13 amide bonds. The Balaban J connectivity index is 2.43. The zero-order valence-corrected chi connectivity index (χ0v) is 63.2. The number of rotatable bonds is 49. The fourth-order valence-corrected chi connectivity index (χ4v) is 11.7. The minimum Gasteiger partial charge on any atom is -0.508 e. The second kappa shape index (κ2) is 48.3. The topological polar surface area (TPSA) is 583 Å². The number of nitrogens with one attached hydrogen (secondary N) is 12. The number of carbonyl (C=O) groups excluding carboxylic acids is 14. The molecule has 0 aromatic heterocycles. The van der Waals surface area contributed by atoms with Crippen molar-refractivity contribution < 1.29 is 97.5 Å². The van der Waals surface area contributed by atoms with Crippen molar-refractivity contribution in [1.82, 2.24) is 68.7 Å². The Labute approximate surface area is 626 Å². The van der Waals surface area contributed by atoms with Gasteiger partial charge in [0, 0.05) is 30.9 Å². The molecule has 1 aromatic carbocycles. The second-order valence-corrected chi connectivity index (χ2v) is 27.9. The molecule has 1 fully saturated rings. The number of aliphatic carboxylic acids is 1. The molecule has 0 radical (unpaired) electrons. The van der Waals surface area contributed by atoms with Crippen LogP contribution in [0.15, 0.2) is 24.3 Å². The SMILES string of the molecule is CSCC[C@H](NC(=O)[C@@H]1CCCN1C(=O)[C@H](CCC(=O)O)NC(=O)[C@H](CCCCN)NC(=O)[C@H](CS)NC(=O)[C@@H](NC(=O)[C@H](Cc1ccc(O)cc1)NC(=O)[C@H](CS)NC(=O)[C@H](CCCCN)NC(=O)[C@@H](N)CC(C)C)[C@@H](C)O)C(=O)N[C@H](C(=O)N[C@H](C(=O)N[C@@H](C)C(=O)N[C@@H](C)C=O)[C@@H](C)O)[C@@H](C)O. The first-order valence-corrected chi connectivity index (χ1v) is 37.5. The zero-order chi connectivity index (χ0) is 79.4. The number of unbranched alkanes of at least 4 members (excludes halogenated alkanes) is 2. The van der Waals surface area contributed by atoms with Crippen LogP contribution in [-0.4, -0.2) is 266 Å². The van der Waals surface area contributed by atoms with Crippen LogP contribution in [-0.2, 0) is 78.3 Å². The van der Waals surface area contributed by atoms with Gasteiger partial charge < -0.3 is 116 Å². The third-order valence-electron chi connectivity index (χ3n) is 16.7. The normalized spacial score (nSPS) is 17.3. The van der Waals surface area contributed by atoms with Gasteiger partial charge in [0.25, 0.3) is 0 Å². The van der Waals surface area contributed by atoms with Crippen molar-refractivity contribution in [2.45, 2.75) is 235 Å². The molecule has 1 aliphatic rings. The van der Waals surface area contributed by atoms with E-state index >= 15 is 0 Å². The van der Waals surface area contributed by atoms with E-state index in [1.807, 2.05) is 13.8 Å². The van der Waals surface area contributed by atoms with Gasteiger partial charge in [0.2, 0.25) is 76.8 Å². The number of carboxylic acids is 1. The third kappa shape index (κ3) is 32.8. The van der Waals surface area contributed by atoms with E-state index in [0.29, 0.717) is 44.1 Å². The van der Waals surface area contributed by atoms with Crippen LogP contribution in [0.25, 0.3) is 0 Å². The average molecular weight is 1540 g/mol. The summed E-state index contributed by atoms with van der Waals surface area (Å²) in [6, 6.07) is -14.8. The summed E-state index contributed by atoms with van der Waals surface area (Å²) in [5, 5.41) is 81.5. The maximum absolute atomic E-state index is 14.6. The lowest BCUT2D eigenvalue weighted by molar-refractivity contribution is -0.144. The highest BCUT2D eigenvalue weighted by Crippen LogP contribution is 2.22. The Morgan fingerprint density at radius 3 is 1.42 bits per heavy atom. The molecule has 0 saturated carbocycles. The van der Waals surface area contributed by atoms with Crippen molar-refractivity contribution in [1.29, 1.82) is 0 Å². The Bertz CT molecular complexity index is 3070. The predicted octanol–water partition coefficient (Wildman–Crippen LogP) is -5.77. The monoisotopic (exact) mass is 1540 g/mol. The van der Waals surface area contributed by atoms with E-state index in [-0.39, 0.29) is 81.2 Å². The van der Waals surface area contributed by atoms with Crippen molar-refractivity contribution in [2.75, 3.05) is 43.1 Å². The first-order valence-electron chi connectivity index (χ1n) is 34.8. The summed E-state index contributed by atoms with van der Waals surface area (Å²) in [6.07, 6.45) is -2.50. The number of hydrogen-bond donors (Lipinski definition) is 22. The fourth-order valence-electron chi connectivity index (χ4n) is 10.8. The highest BCUT2D eigenvalue weighted by atomic mass is 32.2. The molecule has 0 spiro atoms. The first-order chi connectivity index (χ1) is 49.5. The summed E-state index contributed by atoms with van der Waals surface area (Å²) in [7, 11) is 0. The van der Waals surface area contributed by atoms with Gasteiger partial charge in [-0.1, -0.05) is 26.0 Å². The lowest BCUT2D eigenvalue weighted by Crippen LogP contribution is -2.63. The maximum atomic E-state index is 14.6. The van der Waals surface area contributed by atoms with Gasteiger partial charge in [-0.25, -0.2) is 0 Å². The number of phenols is 1. The van der Waals surface area contributed by atoms with E-state index in [9.17, 15) is 97.5 Å². The van der Waals surface area contributed by atoms with Gasteiger partial charge in [-0.2, -0.15) is 37.0 Å². The molecule has 1 aliphatic heterocycles. The number of thiol groups is 2. The Morgan fingerprint density at radius 2 is 0.952 bits per heavy atom.